The van der Waals surface area contributed by atoms with Gasteiger partial charge in [-0.2, -0.15) is 0 Å². The van der Waals surface area contributed by atoms with Crippen molar-refractivity contribution >= 4 is 40.7 Å². The number of amides is 3. The van der Waals surface area contributed by atoms with Gasteiger partial charge in [-0.05, 0) is 24.1 Å². The fraction of sp³-hybridized carbons (Fsp3) is 0.476. The van der Waals surface area contributed by atoms with E-state index < -0.39 is 11.8 Å². The largest absolute Gasteiger partial charge is 0.395 e. The van der Waals surface area contributed by atoms with Crippen LogP contribution < -0.4 is 10.2 Å². The third-order valence-electron chi connectivity index (χ3n) is 5.12. The molecule has 0 saturated carbocycles. The summed E-state index contributed by atoms with van der Waals surface area (Å²) in [5, 5.41) is 12.6. The van der Waals surface area contributed by atoms with Crippen molar-refractivity contribution in [3.05, 3.63) is 35.0 Å². The SMILES string of the molecule is CC(C)CC(=O)N1CCN(c2ccc(Cl)cc2NC2=CC(=O)N(CCO)C2=O)CC1. The van der Waals surface area contributed by atoms with E-state index >= 15 is 0 Å². The summed E-state index contributed by atoms with van der Waals surface area (Å²) in [5.41, 5.74) is 1.60. The number of piperazine rings is 1. The summed E-state index contributed by atoms with van der Waals surface area (Å²) in [5.74, 6) is -0.447. The van der Waals surface area contributed by atoms with Gasteiger partial charge in [-0.1, -0.05) is 25.4 Å². The quantitative estimate of drug-likeness (QED) is 0.634. The van der Waals surface area contributed by atoms with Crippen LogP contribution in [-0.2, 0) is 14.4 Å². The van der Waals surface area contributed by atoms with Crippen molar-refractivity contribution < 1.29 is 19.5 Å². The minimum Gasteiger partial charge on any atom is -0.395 e. The first kappa shape index (κ1) is 22.1. The summed E-state index contributed by atoms with van der Waals surface area (Å²) >= 11 is 6.17. The number of nitrogens with one attached hydrogen (secondary N) is 1. The van der Waals surface area contributed by atoms with Gasteiger partial charge in [0.15, 0.2) is 0 Å². The zero-order valence-electron chi connectivity index (χ0n) is 17.2. The summed E-state index contributed by atoms with van der Waals surface area (Å²) in [6.45, 7) is 6.28. The normalized spacial score (nSPS) is 17.1. The molecule has 1 saturated heterocycles. The number of carbonyl (C=O) groups excluding carboxylic acids is 3. The fourth-order valence-corrected chi connectivity index (χ4v) is 3.79. The molecular weight excluding hydrogens is 408 g/mol. The average molecular weight is 435 g/mol. The zero-order chi connectivity index (χ0) is 21.8. The number of aliphatic hydroxyl groups excluding tert-OH is 1. The zero-order valence-corrected chi connectivity index (χ0v) is 18.0. The van der Waals surface area contributed by atoms with Crippen LogP contribution >= 0.6 is 11.6 Å². The van der Waals surface area contributed by atoms with Gasteiger partial charge in [0, 0.05) is 43.7 Å². The molecule has 2 aliphatic heterocycles. The van der Waals surface area contributed by atoms with Gasteiger partial charge in [0.05, 0.1) is 24.5 Å². The van der Waals surface area contributed by atoms with Crippen LogP contribution in [0.1, 0.15) is 20.3 Å². The van der Waals surface area contributed by atoms with E-state index in [1.807, 2.05) is 24.8 Å². The van der Waals surface area contributed by atoms with Crippen LogP contribution in [0.3, 0.4) is 0 Å². The molecule has 2 aliphatic rings. The first-order chi connectivity index (χ1) is 14.3. The molecule has 0 unspecified atom stereocenters. The molecule has 1 aromatic carbocycles. The molecule has 3 rings (SSSR count). The van der Waals surface area contributed by atoms with Crippen LogP contribution in [-0.4, -0.2) is 72.0 Å². The monoisotopic (exact) mass is 434 g/mol. The number of carbonyl (C=O) groups is 3. The Balaban J connectivity index is 1.73. The highest BCUT2D eigenvalue weighted by Crippen LogP contribution is 2.32. The number of hydrogen-bond donors (Lipinski definition) is 2. The molecule has 0 radical (unpaired) electrons. The number of rotatable bonds is 7. The lowest BCUT2D eigenvalue weighted by Crippen LogP contribution is -2.49. The molecule has 0 aromatic heterocycles. The van der Waals surface area contributed by atoms with Gasteiger partial charge in [-0.15, -0.1) is 0 Å². The Kier molecular flexibility index (Phi) is 6.99. The van der Waals surface area contributed by atoms with Crippen molar-refractivity contribution in [2.75, 3.05) is 49.5 Å². The molecule has 0 spiro atoms. The summed E-state index contributed by atoms with van der Waals surface area (Å²) < 4.78 is 0. The Morgan fingerprint density at radius 3 is 2.53 bits per heavy atom. The standard InChI is InChI=1S/C21H27ClN4O4/c1-14(2)11-19(28)25-7-5-24(6-8-25)18-4-3-15(22)12-16(18)23-17-13-20(29)26(9-10-27)21(17)30/h3-4,12-14,23,27H,5-11H2,1-2H3. The molecule has 1 aromatic rings. The van der Waals surface area contributed by atoms with Gasteiger partial charge in [0.25, 0.3) is 11.8 Å². The highest BCUT2D eigenvalue weighted by Gasteiger charge is 2.31. The third-order valence-corrected chi connectivity index (χ3v) is 5.35. The number of β-amino-alcohol motifs (C(OH)–C–C–N with tert-alkyl or cyclic N) is 1. The van der Waals surface area contributed by atoms with E-state index in [2.05, 4.69) is 10.2 Å². The van der Waals surface area contributed by atoms with Gasteiger partial charge < -0.3 is 20.2 Å². The van der Waals surface area contributed by atoms with E-state index in [1.165, 1.54) is 6.08 Å². The second-order valence-electron chi connectivity index (χ2n) is 7.83. The van der Waals surface area contributed by atoms with Crippen molar-refractivity contribution in [1.29, 1.82) is 0 Å². The smallest absolute Gasteiger partial charge is 0.277 e. The lowest BCUT2D eigenvalue weighted by Gasteiger charge is -2.37. The maximum absolute atomic E-state index is 12.5. The minimum atomic E-state index is -0.482. The highest BCUT2D eigenvalue weighted by atomic mass is 35.5. The highest BCUT2D eigenvalue weighted by molar-refractivity contribution is 6.31. The summed E-state index contributed by atoms with van der Waals surface area (Å²) in [4.78, 5) is 41.8. The molecule has 9 heteroatoms. The Morgan fingerprint density at radius 2 is 1.90 bits per heavy atom. The first-order valence-electron chi connectivity index (χ1n) is 10.1. The van der Waals surface area contributed by atoms with Gasteiger partial charge in [0.2, 0.25) is 5.91 Å². The van der Waals surface area contributed by atoms with Crippen LogP contribution in [0.2, 0.25) is 5.02 Å². The summed E-state index contributed by atoms with van der Waals surface area (Å²) in [6, 6.07) is 5.34. The molecule has 30 heavy (non-hydrogen) atoms. The Labute approximate surface area is 181 Å². The van der Waals surface area contributed by atoms with E-state index in [1.54, 1.807) is 12.1 Å². The minimum absolute atomic E-state index is 0.0475. The number of anilines is 2. The van der Waals surface area contributed by atoms with Gasteiger partial charge >= 0.3 is 0 Å². The maximum Gasteiger partial charge on any atom is 0.277 e. The third kappa shape index (κ3) is 4.94. The second-order valence-corrected chi connectivity index (χ2v) is 8.27. The van der Waals surface area contributed by atoms with E-state index in [9.17, 15) is 14.4 Å². The second kappa shape index (κ2) is 9.49. The molecule has 2 N–H and O–H groups in total. The average Bonchev–Trinajstić information content (AvgIpc) is 2.95. The van der Waals surface area contributed by atoms with Crippen molar-refractivity contribution in [2.45, 2.75) is 20.3 Å². The Morgan fingerprint density at radius 1 is 1.20 bits per heavy atom. The predicted molar refractivity (Wildman–Crippen MR) is 115 cm³/mol. The van der Waals surface area contributed by atoms with E-state index in [4.69, 9.17) is 16.7 Å². The summed E-state index contributed by atoms with van der Waals surface area (Å²) in [7, 11) is 0. The summed E-state index contributed by atoms with van der Waals surface area (Å²) in [6.07, 6.45) is 1.77. The maximum atomic E-state index is 12.5. The lowest BCUT2D eigenvalue weighted by molar-refractivity contribution is -0.137. The molecular formula is C21H27ClN4O4. The number of imide groups is 1. The van der Waals surface area contributed by atoms with Crippen molar-refractivity contribution in [1.82, 2.24) is 9.80 Å². The molecule has 2 heterocycles. The van der Waals surface area contributed by atoms with Gasteiger partial charge in [0.1, 0.15) is 5.70 Å². The van der Waals surface area contributed by atoms with Crippen LogP contribution in [0.25, 0.3) is 0 Å². The molecule has 0 bridgehead atoms. The van der Waals surface area contributed by atoms with E-state index in [0.29, 0.717) is 49.2 Å². The van der Waals surface area contributed by atoms with Crippen LogP contribution in [0.5, 0.6) is 0 Å². The molecule has 0 atom stereocenters. The van der Waals surface area contributed by atoms with Crippen LogP contribution in [0, 0.1) is 5.92 Å². The number of nitrogens with zero attached hydrogens (tertiary/aromatic N) is 3. The van der Waals surface area contributed by atoms with Crippen LogP contribution in [0.4, 0.5) is 11.4 Å². The fourth-order valence-electron chi connectivity index (χ4n) is 3.61. The van der Waals surface area contributed by atoms with Crippen molar-refractivity contribution in [3.8, 4) is 0 Å². The Hall–Kier alpha value is -2.58. The topological polar surface area (TPSA) is 93.2 Å². The first-order valence-corrected chi connectivity index (χ1v) is 10.5. The van der Waals surface area contributed by atoms with E-state index in [0.717, 1.165) is 10.6 Å². The molecule has 3 amide bonds. The van der Waals surface area contributed by atoms with Crippen molar-refractivity contribution in [3.63, 3.8) is 0 Å². The Bertz CT molecular complexity index is 863. The predicted octanol–water partition coefficient (Wildman–Crippen LogP) is 1.69. The van der Waals surface area contributed by atoms with E-state index in [-0.39, 0.29) is 24.8 Å². The number of aliphatic hydroxyl groups is 1. The van der Waals surface area contributed by atoms with Crippen LogP contribution in [0.15, 0.2) is 30.0 Å². The molecule has 0 aliphatic carbocycles. The number of hydrogen-bond acceptors (Lipinski definition) is 6. The van der Waals surface area contributed by atoms with Crippen molar-refractivity contribution in [2.24, 2.45) is 5.92 Å². The number of halogens is 1. The van der Waals surface area contributed by atoms with Gasteiger partial charge in [-0.25, -0.2) is 0 Å². The number of benzene rings is 1. The molecule has 8 nitrogen and oxygen atoms in total. The lowest BCUT2D eigenvalue weighted by atomic mass is 10.1. The molecule has 162 valence electrons. The van der Waals surface area contributed by atoms with Gasteiger partial charge in [-0.3, -0.25) is 19.3 Å². The molecule has 1 fully saturated rings.